The molecule has 9 heteroatoms. The summed E-state index contributed by atoms with van der Waals surface area (Å²) in [5, 5.41) is 12.1. The molecule has 0 spiro atoms. The van der Waals surface area contributed by atoms with E-state index in [4.69, 9.17) is 17.3 Å². The molecule has 0 atom stereocenters. The molecule has 3 rings (SSSR count). The van der Waals surface area contributed by atoms with E-state index < -0.39 is 0 Å². The van der Waals surface area contributed by atoms with E-state index >= 15 is 0 Å². The van der Waals surface area contributed by atoms with Crippen LogP contribution in [0.3, 0.4) is 0 Å². The normalized spacial score (nSPS) is 16.1. The van der Waals surface area contributed by atoms with Crippen molar-refractivity contribution in [3.8, 4) is 0 Å². The van der Waals surface area contributed by atoms with E-state index in [-0.39, 0.29) is 24.1 Å². The molecule has 0 aliphatic carbocycles. The Morgan fingerprint density at radius 2 is 2.15 bits per heavy atom. The second-order valence-corrected chi connectivity index (χ2v) is 7.93. The monoisotopic (exact) mass is 404 g/mol. The van der Waals surface area contributed by atoms with E-state index in [9.17, 15) is 9.59 Å². The predicted molar refractivity (Wildman–Crippen MR) is 112 cm³/mol. The number of amides is 1. The fourth-order valence-corrected chi connectivity index (χ4v) is 4.22. The van der Waals surface area contributed by atoms with Crippen molar-refractivity contribution in [1.82, 2.24) is 14.3 Å². The summed E-state index contributed by atoms with van der Waals surface area (Å²) in [4.78, 5) is 32.1. The van der Waals surface area contributed by atoms with Gasteiger partial charge in [0, 0.05) is 25.4 Å². The number of anilines is 1. The third kappa shape index (κ3) is 3.90. The Bertz CT molecular complexity index is 984. The highest BCUT2D eigenvalue weighted by Crippen LogP contribution is 2.34. The summed E-state index contributed by atoms with van der Waals surface area (Å²) in [6, 6.07) is 5.23. The van der Waals surface area contributed by atoms with Gasteiger partial charge in [0.1, 0.15) is 15.8 Å². The Morgan fingerprint density at radius 3 is 2.81 bits per heavy atom. The number of hydrogen-bond donors (Lipinski definition) is 2. The first-order chi connectivity index (χ1) is 12.9. The highest BCUT2D eigenvalue weighted by atomic mass is 32.2. The maximum Gasteiger partial charge on any atom is 0.267 e. The molecule has 2 N–H and O–H groups in total. The Morgan fingerprint density at radius 1 is 1.37 bits per heavy atom. The summed E-state index contributed by atoms with van der Waals surface area (Å²) in [6.45, 7) is 4.27. The number of pyridine rings is 1. The Balaban J connectivity index is 2.10. The topological polar surface area (TPSA) is 86.9 Å². The number of rotatable bonds is 6. The first-order valence-corrected chi connectivity index (χ1v) is 9.79. The van der Waals surface area contributed by atoms with Crippen LogP contribution in [0.2, 0.25) is 0 Å². The van der Waals surface area contributed by atoms with E-state index in [1.807, 2.05) is 13.8 Å². The largest absolute Gasteiger partial charge is 0.396 e. The number of nitrogens with zero attached hydrogens (tertiary/aromatic N) is 3. The van der Waals surface area contributed by atoms with Crippen molar-refractivity contribution in [1.29, 1.82) is 0 Å². The van der Waals surface area contributed by atoms with Gasteiger partial charge >= 0.3 is 0 Å². The van der Waals surface area contributed by atoms with Crippen LogP contribution in [-0.4, -0.2) is 48.8 Å². The van der Waals surface area contributed by atoms with E-state index in [0.29, 0.717) is 39.2 Å². The van der Waals surface area contributed by atoms with Crippen LogP contribution < -0.4 is 10.9 Å². The van der Waals surface area contributed by atoms with Gasteiger partial charge in [0.2, 0.25) is 0 Å². The first kappa shape index (κ1) is 19.5. The minimum absolute atomic E-state index is 0.0297. The van der Waals surface area contributed by atoms with Gasteiger partial charge in [-0.05, 0) is 38.5 Å². The van der Waals surface area contributed by atoms with Crippen molar-refractivity contribution in [3.05, 3.63) is 45.2 Å². The maximum absolute atomic E-state index is 13.0. The number of aromatic nitrogens is 2. The van der Waals surface area contributed by atoms with Gasteiger partial charge in [-0.2, -0.15) is 0 Å². The molecular weight excluding hydrogens is 384 g/mol. The van der Waals surface area contributed by atoms with Crippen LogP contribution in [0.5, 0.6) is 0 Å². The van der Waals surface area contributed by atoms with Gasteiger partial charge in [-0.25, -0.2) is 4.98 Å². The lowest BCUT2D eigenvalue weighted by atomic mass is 10.2. The highest BCUT2D eigenvalue weighted by molar-refractivity contribution is 8.26. The molecule has 0 unspecified atom stereocenters. The molecule has 3 heterocycles. The molecule has 142 valence electrons. The summed E-state index contributed by atoms with van der Waals surface area (Å²) in [7, 11) is 0. The van der Waals surface area contributed by atoms with E-state index in [1.165, 1.54) is 21.1 Å². The number of carbonyl (C=O) groups is 1. The van der Waals surface area contributed by atoms with Gasteiger partial charge in [-0.1, -0.05) is 30.0 Å². The Kier molecular flexibility index (Phi) is 5.93. The second-order valence-electron chi connectivity index (χ2n) is 6.26. The summed E-state index contributed by atoms with van der Waals surface area (Å²) in [5.41, 5.74) is 0.517. The summed E-state index contributed by atoms with van der Waals surface area (Å²) in [6.07, 6.45) is 3.71. The zero-order valence-corrected chi connectivity index (χ0v) is 16.6. The third-order valence-corrected chi connectivity index (χ3v) is 5.34. The third-order valence-electron chi connectivity index (χ3n) is 4.01. The Hall–Kier alpha value is -2.23. The van der Waals surface area contributed by atoms with Crippen LogP contribution in [0.15, 0.2) is 34.1 Å². The van der Waals surface area contributed by atoms with Crippen molar-refractivity contribution in [2.24, 2.45) is 0 Å². The van der Waals surface area contributed by atoms with Gasteiger partial charge in [0.15, 0.2) is 0 Å². The number of nitrogens with one attached hydrogen (secondary N) is 1. The van der Waals surface area contributed by atoms with Crippen molar-refractivity contribution in [3.63, 3.8) is 0 Å². The van der Waals surface area contributed by atoms with Crippen LogP contribution in [-0.2, 0) is 4.79 Å². The lowest BCUT2D eigenvalue weighted by molar-refractivity contribution is -0.123. The molecule has 27 heavy (non-hydrogen) atoms. The minimum atomic E-state index is -0.276. The molecule has 7 nitrogen and oxygen atoms in total. The zero-order chi connectivity index (χ0) is 19.6. The highest BCUT2D eigenvalue weighted by Gasteiger charge is 2.34. The summed E-state index contributed by atoms with van der Waals surface area (Å²) in [5.74, 6) is 0.174. The van der Waals surface area contributed by atoms with Crippen LogP contribution in [0, 0.1) is 0 Å². The van der Waals surface area contributed by atoms with E-state index in [0.717, 1.165) is 0 Å². The number of aliphatic hydroxyl groups is 1. The minimum Gasteiger partial charge on any atom is -0.396 e. The Labute approximate surface area is 166 Å². The van der Waals surface area contributed by atoms with E-state index in [2.05, 4.69) is 10.3 Å². The summed E-state index contributed by atoms with van der Waals surface area (Å²) >= 11 is 6.48. The van der Waals surface area contributed by atoms with Crippen molar-refractivity contribution in [2.45, 2.75) is 26.3 Å². The van der Waals surface area contributed by atoms with Gasteiger partial charge in [-0.3, -0.25) is 18.9 Å². The average Bonchev–Trinajstić information content (AvgIpc) is 2.92. The molecule has 0 radical (unpaired) electrons. The molecule has 1 fully saturated rings. The van der Waals surface area contributed by atoms with E-state index in [1.54, 1.807) is 30.5 Å². The number of thioether (sulfide) groups is 1. The number of fused-ring (bicyclic) bond motifs is 1. The van der Waals surface area contributed by atoms with Crippen LogP contribution in [0.1, 0.15) is 25.8 Å². The van der Waals surface area contributed by atoms with Gasteiger partial charge < -0.3 is 10.4 Å². The van der Waals surface area contributed by atoms with Crippen molar-refractivity contribution in [2.75, 3.05) is 18.5 Å². The van der Waals surface area contributed by atoms with Crippen LogP contribution in [0.25, 0.3) is 11.7 Å². The number of aliphatic hydroxyl groups excluding tert-OH is 1. The quantitative estimate of drug-likeness (QED) is 0.433. The van der Waals surface area contributed by atoms with Gasteiger partial charge in [0.05, 0.1) is 10.5 Å². The molecule has 2 aromatic heterocycles. The number of thiocarbonyl (C=S) groups is 1. The number of carbonyl (C=O) groups excluding carboxylic acids is 1. The molecule has 1 aliphatic heterocycles. The lowest BCUT2D eigenvalue weighted by Crippen LogP contribution is -2.34. The maximum atomic E-state index is 13.0. The zero-order valence-electron chi connectivity index (χ0n) is 15.0. The molecule has 0 aromatic carbocycles. The second kappa shape index (κ2) is 8.20. The number of hydrogen-bond acceptors (Lipinski definition) is 7. The SMILES string of the molecule is CC(C)N1C(=O)/C(=C/c2c(NCCCO)nc3ccccn3c2=O)SC1=S. The predicted octanol–water partition coefficient (Wildman–Crippen LogP) is 2.10. The smallest absolute Gasteiger partial charge is 0.267 e. The average molecular weight is 405 g/mol. The molecule has 2 aromatic rings. The molecule has 0 bridgehead atoms. The molecule has 1 saturated heterocycles. The van der Waals surface area contributed by atoms with Crippen molar-refractivity contribution >= 4 is 51.7 Å². The fraction of sp³-hybridized carbons (Fsp3) is 0.333. The fourth-order valence-electron chi connectivity index (χ4n) is 2.71. The first-order valence-electron chi connectivity index (χ1n) is 8.57. The lowest BCUT2D eigenvalue weighted by Gasteiger charge is -2.18. The molecular formula is C18H20N4O3S2. The van der Waals surface area contributed by atoms with Crippen LogP contribution >= 0.6 is 24.0 Å². The van der Waals surface area contributed by atoms with Gasteiger partial charge in [0.25, 0.3) is 11.5 Å². The molecule has 1 aliphatic rings. The molecule has 1 amide bonds. The molecule has 0 saturated carbocycles. The van der Waals surface area contributed by atoms with Crippen LogP contribution in [0.4, 0.5) is 5.82 Å². The van der Waals surface area contributed by atoms with Gasteiger partial charge in [-0.15, -0.1) is 0 Å². The van der Waals surface area contributed by atoms with Crippen molar-refractivity contribution < 1.29 is 9.90 Å². The standard InChI is InChI=1S/C18H20N4O3S2/c1-11(2)22-17(25)13(27-18(22)26)10-12-15(19-7-5-9-23)20-14-6-3-4-8-21(14)16(12)24/h3-4,6,8,10-11,19,23H,5,7,9H2,1-2H3/b13-10-. The summed E-state index contributed by atoms with van der Waals surface area (Å²) < 4.78 is 1.91.